The summed E-state index contributed by atoms with van der Waals surface area (Å²) in [4.78, 5) is 47.7. The number of nitrogens with one attached hydrogen (secondary N) is 1. The molecule has 5 aromatic rings. The van der Waals surface area contributed by atoms with Crippen molar-refractivity contribution in [1.82, 2.24) is 29.1 Å². The Kier molecular flexibility index (Phi) is 10.7. The van der Waals surface area contributed by atoms with Gasteiger partial charge in [-0.1, -0.05) is 6.07 Å². The number of anilines is 1. The number of amides is 1. The topological polar surface area (TPSA) is 133 Å². The van der Waals surface area contributed by atoms with Gasteiger partial charge in [-0.05, 0) is 68.9 Å². The van der Waals surface area contributed by atoms with Gasteiger partial charge in [-0.25, -0.2) is 13.6 Å². The molecular weight excluding hydrogens is 664 g/mol. The van der Waals surface area contributed by atoms with Crippen LogP contribution >= 0.6 is 0 Å². The van der Waals surface area contributed by atoms with Crippen LogP contribution < -0.4 is 30.8 Å². The second-order valence-corrected chi connectivity index (χ2v) is 12.1. The van der Waals surface area contributed by atoms with Crippen molar-refractivity contribution in [2.45, 2.75) is 12.8 Å². The SMILES string of the molecule is COc1cc2c(Oc3ccc(NC(=O)c4nn(-c5cccc(F)c5)c(=O)n(C)c4=O)cc3F)ccnc2cc1OCCCCN1CCN(C)CC1. The number of rotatable bonds is 12. The van der Waals surface area contributed by atoms with E-state index in [1.165, 1.54) is 43.6 Å². The lowest BCUT2D eigenvalue weighted by atomic mass is 10.1. The van der Waals surface area contributed by atoms with E-state index in [2.05, 4.69) is 32.2 Å². The molecule has 0 unspecified atom stereocenters. The van der Waals surface area contributed by atoms with Gasteiger partial charge in [0, 0.05) is 62.6 Å². The van der Waals surface area contributed by atoms with Crippen molar-refractivity contribution < 1.29 is 27.8 Å². The van der Waals surface area contributed by atoms with Crippen molar-refractivity contribution >= 4 is 22.5 Å². The van der Waals surface area contributed by atoms with Crippen molar-refractivity contribution in [3.05, 3.63) is 105 Å². The number of unbranched alkanes of at least 4 members (excludes halogenated alkanes) is 1. The smallest absolute Gasteiger partial charge is 0.351 e. The summed E-state index contributed by atoms with van der Waals surface area (Å²) in [5, 5.41) is 6.85. The Morgan fingerprint density at radius 2 is 1.71 bits per heavy atom. The zero-order valence-corrected chi connectivity index (χ0v) is 28.4. The molecule has 0 spiro atoms. The predicted octanol–water partition coefficient (Wildman–Crippen LogP) is 4.22. The number of ether oxygens (including phenoxy) is 3. The molecular formula is C36H37F2N7O6. The highest BCUT2D eigenvalue weighted by Gasteiger charge is 2.21. The van der Waals surface area contributed by atoms with Gasteiger partial charge in [-0.2, -0.15) is 9.78 Å². The summed E-state index contributed by atoms with van der Waals surface area (Å²) in [5.74, 6) is -1.29. The van der Waals surface area contributed by atoms with E-state index in [4.69, 9.17) is 14.2 Å². The largest absolute Gasteiger partial charge is 0.493 e. The number of piperazine rings is 1. The molecule has 2 aromatic heterocycles. The van der Waals surface area contributed by atoms with Gasteiger partial charge in [0.2, 0.25) is 5.69 Å². The molecule has 0 saturated carbocycles. The second kappa shape index (κ2) is 15.5. The molecule has 0 radical (unpaired) electrons. The van der Waals surface area contributed by atoms with Crippen molar-refractivity contribution in [2.24, 2.45) is 7.05 Å². The Hall–Kier alpha value is -5.67. The second-order valence-electron chi connectivity index (χ2n) is 12.1. The van der Waals surface area contributed by atoms with Crippen molar-refractivity contribution in [3.8, 4) is 28.7 Å². The number of fused-ring (bicyclic) bond motifs is 1. The normalized spacial score (nSPS) is 13.7. The van der Waals surface area contributed by atoms with Crippen molar-refractivity contribution in [1.29, 1.82) is 0 Å². The number of pyridine rings is 1. The maximum atomic E-state index is 15.4. The maximum absolute atomic E-state index is 15.4. The summed E-state index contributed by atoms with van der Waals surface area (Å²) in [7, 11) is 4.84. The zero-order valence-electron chi connectivity index (χ0n) is 28.4. The molecule has 6 rings (SSSR count). The summed E-state index contributed by atoms with van der Waals surface area (Å²) in [6.07, 6.45) is 3.44. The van der Waals surface area contributed by atoms with Gasteiger partial charge in [0.25, 0.3) is 11.5 Å². The Morgan fingerprint density at radius 1 is 0.902 bits per heavy atom. The van der Waals surface area contributed by atoms with E-state index in [-0.39, 0.29) is 17.1 Å². The quantitative estimate of drug-likeness (QED) is 0.189. The first-order chi connectivity index (χ1) is 24.6. The lowest BCUT2D eigenvalue weighted by molar-refractivity contribution is 0.101. The molecule has 15 heteroatoms. The number of aromatic nitrogens is 4. The monoisotopic (exact) mass is 701 g/mol. The summed E-state index contributed by atoms with van der Waals surface area (Å²) < 4.78 is 48.2. The van der Waals surface area contributed by atoms with Crippen LogP contribution in [0.3, 0.4) is 0 Å². The Balaban J connectivity index is 1.14. The van der Waals surface area contributed by atoms with Crippen molar-refractivity contribution in [3.63, 3.8) is 0 Å². The van der Waals surface area contributed by atoms with Crippen LogP contribution in [0.15, 0.2) is 76.4 Å². The molecule has 1 amide bonds. The van der Waals surface area contributed by atoms with Crippen LogP contribution in [-0.4, -0.2) is 88.5 Å². The molecule has 0 atom stereocenters. The number of hydrogen-bond donors (Lipinski definition) is 1. The first-order valence-corrected chi connectivity index (χ1v) is 16.4. The van der Waals surface area contributed by atoms with Gasteiger partial charge >= 0.3 is 5.69 Å². The Bertz CT molecular complexity index is 2180. The lowest BCUT2D eigenvalue weighted by Crippen LogP contribution is -2.44. The number of halogens is 2. The van der Waals surface area contributed by atoms with Crippen LogP contribution in [0.25, 0.3) is 16.6 Å². The third-order valence-electron chi connectivity index (χ3n) is 8.56. The van der Waals surface area contributed by atoms with E-state index in [0.717, 1.165) is 69.4 Å². The number of nitrogens with zero attached hydrogens (tertiary/aromatic N) is 6. The summed E-state index contributed by atoms with van der Waals surface area (Å²) >= 11 is 0. The molecule has 0 aliphatic carbocycles. The molecule has 1 aliphatic rings. The van der Waals surface area contributed by atoms with Crippen LogP contribution in [0.5, 0.6) is 23.0 Å². The van der Waals surface area contributed by atoms with Gasteiger partial charge < -0.3 is 29.3 Å². The molecule has 13 nitrogen and oxygen atoms in total. The number of methoxy groups -OCH3 is 1. The minimum Gasteiger partial charge on any atom is -0.493 e. The van der Waals surface area contributed by atoms with Gasteiger partial charge in [0.15, 0.2) is 23.1 Å². The molecule has 1 saturated heterocycles. The van der Waals surface area contributed by atoms with Crippen LogP contribution in [0.4, 0.5) is 14.5 Å². The molecule has 1 N–H and O–H groups in total. The summed E-state index contributed by atoms with van der Waals surface area (Å²) in [6.45, 7) is 5.88. The predicted molar refractivity (Wildman–Crippen MR) is 186 cm³/mol. The molecule has 266 valence electrons. The third-order valence-corrected chi connectivity index (χ3v) is 8.56. The molecule has 3 heterocycles. The van der Waals surface area contributed by atoms with E-state index in [9.17, 15) is 18.8 Å². The summed E-state index contributed by atoms with van der Waals surface area (Å²) in [6, 6.07) is 13.7. The number of benzene rings is 3. The fourth-order valence-electron chi connectivity index (χ4n) is 5.64. The highest BCUT2D eigenvalue weighted by atomic mass is 19.1. The van der Waals surface area contributed by atoms with E-state index >= 15 is 4.39 Å². The molecule has 1 fully saturated rings. The van der Waals surface area contributed by atoms with E-state index < -0.39 is 34.5 Å². The highest BCUT2D eigenvalue weighted by Crippen LogP contribution is 2.38. The van der Waals surface area contributed by atoms with E-state index in [1.807, 2.05) is 0 Å². The molecule has 0 bridgehead atoms. The van der Waals surface area contributed by atoms with E-state index in [0.29, 0.717) is 39.3 Å². The average Bonchev–Trinajstić information content (AvgIpc) is 3.12. The fraction of sp³-hybridized carbons (Fsp3) is 0.306. The van der Waals surface area contributed by atoms with Gasteiger partial charge in [0.1, 0.15) is 11.6 Å². The fourth-order valence-corrected chi connectivity index (χ4v) is 5.64. The van der Waals surface area contributed by atoms with Gasteiger partial charge in [-0.15, -0.1) is 0 Å². The minimum absolute atomic E-state index is 0.00868. The summed E-state index contributed by atoms with van der Waals surface area (Å²) in [5.41, 5.74) is -1.97. The molecule has 51 heavy (non-hydrogen) atoms. The van der Waals surface area contributed by atoms with Crippen LogP contribution in [0.2, 0.25) is 0 Å². The molecule has 3 aromatic carbocycles. The highest BCUT2D eigenvalue weighted by molar-refractivity contribution is 6.02. The number of carbonyl (C=O) groups excluding carboxylic acids is 1. The van der Waals surface area contributed by atoms with E-state index in [1.54, 1.807) is 18.2 Å². The van der Waals surface area contributed by atoms with Gasteiger partial charge in [-0.3, -0.25) is 19.1 Å². The standard InChI is InChI=1S/C36H37F2N7O6/c1-42-14-16-44(17-15-42)13-4-5-18-50-32-22-28-26(21-31(32)49-3)29(11-12-39-28)51-30-10-9-24(20-27(30)38)40-34(46)33-35(47)43(2)36(48)45(41-33)25-8-6-7-23(37)19-25/h6-12,19-22H,4-5,13-18H2,1-3H3,(H,40,46). The Labute approximate surface area is 291 Å². The van der Waals surface area contributed by atoms with Crippen LogP contribution in [0.1, 0.15) is 23.3 Å². The number of likely N-dealkylation sites (N-methyl/N-ethyl adjacent to an activating group) is 1. The third kappa shape index (κ3) is 8.05. The first kappa shape index (κ1) is 35.2. The average molecular weight is 702 g/mol. The zero-order chi connectivity index (χ0) is 36.1. The number of carbonyl (C=O) groups is 1. The first-order valence-electron chi connectivity index (χ1n) is 16.4. The lowest BCUT2D eigenvalue weighted by Gasteiger charge is -2.32. The van der Waals surface area contributed by atoms with Crippen molar-refractivity contribution in [2.75, 3.05) is 58.8 Å². The van der Waals surface area contributed by atoms with Gasteiger partial charge in [0.05, 0.1) is 24.9 Å². The molecule has 1 aliphatic heterocycles. The number of hydrogen-bond acceptors (Lipinski definition) is 10. The van der Waals surface area contributed by atoms with Crippen LogP contribution in [-0.2, 0) is 7.05 Å². The minimum atomic E-state index is -1.01. The maximum Gasteiger partial charge on any atom is 0.351 e. The Morgan fingerprint density at radius 3 is 2.45 bits per heavy atom. The van der Waals surface area contributed by atoms with Crippen LogP contribution in [0, 0.1) is 11.6 Å².